The van der Waals surface area contributed by atoms with Gasteiger partial charge in [-0.1, -0.05) is 0 Å². The first-order valence-corrected chi connectivity index (χ1v) is 5.11. The maximum Gasteiger partial charge on any atom is 0.418 e. The number of aromatic nitrogens is 1. The molecular formula is C9H5BrF5NO2. The molecule has 0 bridgehead atoms. The van der Waals surface area contributed by atoms with E-state index < -0.39 is 39.9 Å². The molecule has 0 saturated carbocycles. The lowest BCUT2D eigenvalue weighted by atomic mass is 10.1. The third-order valence-corrected chi connectivity index (χ3v) is 2.74. The number of carbonyl (C=O) groups excluding carboxylic acids is 1. The van der Waals surface area contributed by atoms with Crippen LogP contribution in [0.3, 0.4) is 0 Å². The fraction of sp³-hybridized carbons (Fsp3) is 0.333. The van der Waals surface area contributed by atoms with Gasteiger partial charge in [-0.3, -0.25) is 4.98 Å². The van der Waals surface area contributed by atoms with Crippen molar-refractivity contribution in [2.45, 2.75) is 12.6 Å². The predicted octanol–water partition coefficient (Wildman–Crippen LogP) is 3.59. The number of hydrogen-bond acceptors (Lipinski definition) is 3. The average molecular weight is 334 g/mol. The van der Waals surface area contributed by atoms with Crippen molar-refractivity contribution in [3.05, 3.63) is 27.5 Å². The summed E-state index contributed by atoms with van der Waals surface area (Å²) in [5.74, 6) is -1.31. The Kier molecular flexibility index (Phi) is 4.25. The molecule has 0 saturated heterocycles. The van der Waals surface area contributed by atoms with Crippen molar-refractivity contribution in [2.75, 3.05) is 7.11 Å². The average Bonchev–Trinajstić information content (AvgIpc) is 2.25. The van der Waals surface area contributed by atoms with Crippen LogP contribution in [0, 0.1) is 0 Å². The molecule has 1 rings (SSSR count). The van der Waals surface area contributed by atoms with Crippen molar-refractivity contribution >= 4 is 21.9 Å². The van der Waals surface area contributed by atoms with Crippen LogP contribution in [0.25, 0.3) is 0 Å². The highest BCUT2D eigenvalue weighted by Crippen LogP contribution is 2.40. The zero-order valence-electron chi connectivity index (χ0n) is 8.69. The van der Waals surface area contributed by atoms with Crippen molar-refractivity contribution in [3.63, 3.8) is 0 Å². The van der Waals surface area contributed by atoms with Gasteiger partial charge in [-0.2, -0.15) is 13.2 Å². The quantitative estimate of drug-likeness (QED) is 0.613. The molecule has 100 valence electrons. The molecule has 0 fully saturated rings. The first-order chi connectivity index (χ1) is 8.20. The van der Waals surface area contributed by atoms with E-state index in [1.807, 2.05) is 0 Å². The molecule has 0 amide bonds. The minimum Gasteiger partial charge on any atom is -0.465 e. The molecule has 0 aliphatic carbocycles. The number of halogens is 6. The molecule has 1 aromatic rings. The van der Waals surface area contributed by atoms with Gasteiger partial charge in [0.1, 0.15) is 5.69 Å². The van der Waals surface area contributed by atoms with Gasteiger partial charge in [-0.25, -0.2) is 13.6 Å². The summed E-state index contributed by atoms with van der Waals surface area (Å²) in [6.07, 6.45) is -7.78. The Bertz CT molecular complexity index is 475. The smallest absolute Gasteiger partial charge is 0.418 e. The lowest BCUT2D eigenvalue weighted by molar-refractivity contribution is -0.138. The van der Waals surface area contributed by atoms with E-state index in [0.29, 0.717) is 6.20 Å². The molecule has 0 spiro atoms. The SMILES string of the molecule is COC(=O)c1cnc(C(F)F)c(Br)c1C(F)(F)F. The van der Waals surface area contributed by atoms with Crippen LogP contribution in [0.1, 0.15) is 28.0 Å². The molecule has 1 heterocycles. The summed E-state index contributed by atoms with van der Waals surface area (Å²) in [6, 6.07) is 0. The molecule has 0 aliphatic rings. The molecule has 9 heteroatoms. The van der Waals surface area contributed by atoms with Crippen LogP contribution < -0.4 is 0 Å². The third-order valence-electron chi connectivity index (χ3n) is 1.94. The standard InChI is InChI=1S/C9H5BrF5NO2/c1-18-8(17)3-2-16-6(7(11)12)5(10)4(3)9(13,14)15/h2,7H,1H3. The minimum absolute atomic E-state index is 0.418. The number of pyridine rings is 1. The molecule has 0 radical (unpaired) electrons. The van der Waals surface area contributed by atoms with E-state index in [4.69, 9.17) is 0 Å². The molecule has 18 heavy (non-hydrogen) atoms. The fourth-order valence-electron chi connectivity index (χ4n) is 1.20. The number of alkyl halides is 5. The fourth-order valence-corrected chi connectivity index (χ4v) is 1.91. The highest BCUT2D eigenvalue weighted by molar-refractivity contribution is 9.10. The zero-order chi connectivity index (χ0) is 14.1. The summed E-state index contributed by atoms with van der Waals surface area (Å²) in [4.78, 5) is 14.3. The second-order valence-electron chi connectivity index (χ2n) is 3.04. The van der Waals surface area contributed by atoms with Crippen LogP contribution in [-0.2, 0) is 10.9 Å². The number of methoxy groups -OCH3 is 1. The van der Waals surface area contributed by atoms with Gasteiger partial charge in [-0.15, -0.1) is 0 Å². The minimum atomic E-state index is -4.99. The molecule has 0 N–H and O–H groups in total. The summed E-state index contributed by atoms with van der Waals surface area (Å²) >= 11 is 2.40. The van der Waals surface area contributed by atoms with E-state index in [0.717, 1.165) is 7.11 Å². The number of esters is 1. The van der Waals surface area contributed by atoms with Gasteiger partial charge in [0.2, 0.25) is 0 Å². The molecule has 0 unspecified atom stereocenters. The van der Waals surface area contributed by atoms with E-state index in [2.05, 4.69) is 25.7 Å². The molecule has 0 aromatic carbocycles. The van der Waals surface area contributed by atoms with Gasteiger partial charge in [0.25, 0.3) is 6.43 Å². The zero-order valence-corrected chi connectivity index (χ0v) is 10.3. The van der Waals surface area contributed by atoms with Crippen molar-refractivity contribution < 1.29 is 31.5 Å². The van der Waals surface area contributed by atoms with Gasteiger partial charge in [0.05, 0.1) is 22.7 Å². The lowest BCUT2D eigenvalue weighted by Crippen LogP contribution is -2.17. The second kappa shape index (κ2) is 5.17. The molecule has 0 atom stereocenters. The number of rotatable bonds is 2. The van der Waals surface area contributed by atoms with Crippen LogP contribution >= 0.6 is 15.9 Å². The van der Waals surface area contributed by atoms with Crippen LogP contribution in [0.15, 0.2) is 10.7 Å². The summed E-state index contributed by atoms with van der Waals surface area (Å²) < 4.78 is 66.3. The topological polar surface area (TPSA) is 39.2 Å². The lowest BCUT2D eigenvalue weighted by Gasteiger charge is -2.15. The van der Waals surface area contributed by atoms with Gasteiger partial charge in [-0.05, 0) is 15.9 Å². The van der Waals surface area contributed by atoms with Crippen molar-refractivity contribution in [1.29, 1.82) is 0 Å². The van der Waals surface area contributed by atoms with E-state index in [1.54, 1.807) is 0 Å². The van der Waals surface area contributed by atoms with Crippen molar-refractivity contribution in [1.82, 2.24) is 4.98 Å². The summed E-state index contributed by atoms with van der Waals surface area (Å²) in [5.41, 5.74) is -3.55. The number of nitrogens with zero attached hydrogens (tertiary/aromatic N) is 1. The predicted molar refractivity (Wildman–Crippen MR) is 53.2 cm³/mol. The number of carbonyl (C=O) groups is 1. The molecular weight excluding hydrogens is 329 g/mol. The van der Waals surface area contributed by atoms with Crippen molar-refractivity contribution in [3.8, 4) is 0 Å². The van der Waals surface area contributed by atoms with Crippen LogP contribution in [0.5, 0.6) is 0 Å². The van der Waals surface area contributed by atoms with Crippen molar-refractivity contribution in [2.24, 2.45) is 0 Å². The number of ether oxygens (including phenoxy) is 1. The van der Waals surface area contributed by atoms with Crippen LogP contribution in [-0.4, -0.2) is 18.1 Å². The Balaban J connectivity index is 3.57. The van der Waals surface area contributed by atoms with Crippen LogP contribution in [0.2, 0.25) is 0 Å². The monoisotopic (exact) mass is 333 g/mol. The summed E-state index contributed by atoms with van der Waals surface area (Å²) in [5, 5.41) is 0. The summed E-state index contributed by atoms with van der Waals surface area (Å²) in [7, 11) is 0.872. The first kappa shape index (κ1) is 14.8. The normalized spacial score (nSPS) is 11.8. The third kappa shape index (κ3) is 2.77. The Labute approximate surface area is 106 Å². The Morgan fingerprint density at radius 1 is 1.44 bits per heavy atom. The molecule has 0 aliphatic heterocycles. The van der Waals surface area contributed by atoms with Gasteiger partial charge in [0.15, 0.2) is 0 Å². The Hall–Kier alpha value is -1.25. The second-order valence-corrected chi connectivity index (χ2v) is 3.83. The Morgan fingerprint density at radius 3 is 2.39 bits per heavy atom. The highest BCUT2D eigenvalue weighted by atomic mass is 79.9. The molecule has 3 nitrogen and oxygen atoms in total. The van der Waals surface area contributed by atoms with E-state index in [1.165, 1.54) is 0 Å². The van der Waals surface area contributed by atoms with Gasteiger partial charge in [0, 0.05) is 6.20 Å². The number of hydrogen-bond donors (Lipinski definition) is 0. The largest absolute Gasteiger partial charge is 0.465 e. The van der Waals surface area contributed by atoms with Gasteiger partial charge >= 0.3 is 12.1 Å². The maximum absolute atomic E-state index is 12.7. The molecule has 1 aromatic heterocycles. The van der Waals surface area contributed by atoms with E-state index >= 15 is 0 Å². The van der Waals surface area contributed by atoms with Gasteiger partial charge < -0.3 is 4.74 Å². The highest BCUT2D eigenvalue weighted by Gasteiger charge is 2.40. The first-order valence-electron chi connectivity index (χ1n) is 4.32. The van der Waals surface area contributed by atoms with E-state index in [9.17, 15) is 26.7 Å². The van der Waals surface area contributed by atoms with Crippen LogP contribution in [0.4, 0.5) is 22.0 Å². The maximum atomic E-state index is 12.7. The van der Waals surface area contributed by atoms with E-state index in [-0.39, 0.29) is 0 Å². The Morgan fingerprint density at radius 2 is 2.00 bits per heavy atom. The summed E-state index contributed by atoms with van der Waals surface area (Å²) in [6.45, 7) is 0.